The summed E-state index contributed by atoms with van der Waals surface area (Å²) in [6.45, 7) is 3.97. The number of esters is 1. The predicted molar refractivity (Wildman–Crippen MR) is 95.2 cm³/mol. The number of nitrogens with one attached hydrogen (secondary N) is 1. The molecular formula is C19H20BrNO3. The quantitative estimate of drug-likeness (QED) is 0.794. The van der Waals surface area contributed by atoms with E-state index in [4.69, 9.17) is 4.74 Å². The Morgan fingerprint density at radius 1 is 1.38 bits per heavy atom. The number of ketones is 1. The zero-order valence-corrected chi connectivity index (χ0v) is 15.4. The average Bonchev–Trinajstić information content (AvgIpc) is 2.54. The van der Waals surface area contributed by atoms with Crippen molar-refractivity contribution < 1.29 is 14.3 Å². The first-order valence-corrected chi connectivity index (χ1v) is 8.98. The molecule has 5 heteroatoms. The number of rotatable bonds is 3. The number of hydrogen-bond donors (Lipinski definition) is 1. The number of ether oxygens (including phenoxy) is 1. The topological polar surface area (TPSA) is 55.4 Å². The summed E-state index contributed by atoms with van der Waals surface area (Å²) < 4.78 is 6.19. The molecular weight excluding hydrogens is 370 g/mol. The molecule has 1 atom stereocenters. The van der Waals surface area contributed by atoms with Crippen LogP contribution in [0.3, 0.4) is 0 Å². The van der Waals surface area contributed by atoms with E-state index in [0.29, 0.717) is 24.2 Å². The number of carbonyl (C=O) groups excluding carboxylic acids is 2. The van der Waals surface area contributed by atoms with Gasteiger partial charge in [-0.25, -0.2) is 4.79 Å². The number of dihydropyridines is 1. The number of halogens is 1. The highest BCUT2D eigenvalue weighted by atomic mass is 79.9. The molecule has 0 saturated carbocycles. The van der Waals surface area contributed by atoms with Crippen LogP contribution in [0.2, 0.25) is 0 Å². The number of carbonyl (C=O) groups is 2. The normalized spacial score (nSPS) is 20.6. The Morgan fingerprint density at radius 3 is 2.88 bits per heavy atom. The van der Waals surface area contributed by atoms with Crippen LogP contribution in [-0.4, -0.2) is 18.4 Å². The van der Waals surface area contributed by atoms with Gasteiger partial charge in [-0.2, -0.15) is 0 Å². The highest BCUT2D eigenvalue weighted by Crippen LogP contribution is 2.42. The fourth-order valence-corrected chi connectivity index (χ4v) is 3.90. The van der Waals surface area contributed by atoms with E-state index in [0.717, 1.165) is 34.3 Å². The number of hydrogen-bond acceptors (Lipinski definition) is 4. The van der Waals surface area contributed by atoms with E-state index in [1.165, 1.54) is 0 Å². The summed E-state index contributed by atoms with van der Waals surface area (Å²) >= 11 is 3.49. The van der Waals surface area contributed by atoms with Gasteiger partial charge in [-0.05, 0) is 44.4 Å². The third-order valence-electron chi connectivity index (χ3n) is 4.45. The number of benzene rings is 1. The van der Waals surface area contributed by atoms with Gasteiger partial charge < -0.3 is 10.1 Å². The Bertz CT molecular complexity index is 764. The van der Waals surface area contributed by atoms with Crippen molar-refractivity contribution in [3.8, 4) is 0 Å². The van der Waals surface area contributed by atoms with Gasteiger partial charge in [-0.1, -0.05) is 28.1 Å². The van der Waals surface area contributed by atoms with E-state index in [9.17, 15) is 9.59 Å². The molecule has 1 heterocycles. The molecule has 0 aromatic heterocycles. The van der Waals surface area contributed by atoms with Crippen molar-refractivity contribution in [1.82, 2.24) is 5.32 Å². The first-order chi connectivity index (χ1) is 11.5. The molecule has 0 unspecified atom stereocenters. The summed E-state index contributed by atoms with van der Waals surface area (Å²) in [7, 11) is 0. The lowest BCUT2D eigenvalue weighted by Gasteiger charge is -2.34. The molecule has 1 aromatic rings. The van der Waals surface area contributed by atoms with Crippen LogP contribution in [0, 0.1) is 0 Å². The van der Waals surface area contributed by atoms with Crippen molar-refractivity contribution in [2.45, 2.75) is 39.0 Å². The van der Waals surface area contributed by atoms with Crippen LogP contribution in [-0.2, 0) is 14.3 Å². The van der Waals surface area contributed by atoms with Gasteiger partial charge in [-0.15, -0.1) is 0 Å². The first kappa shape index (κ1) is 17.0. The maximum atomic E-state index is 12.6. The molecule has 3 rings (SSSR count). The third kappa shape index (κ3) is 3.05. The SMILES string of the molecule is CCOC(=O)C1=C(C)NC2=C(C(=O)CCC2)[C@@H]1c1cccc(Br)c1. The monoisotopic (exact) mass is 389 g/mol. The lowest BCUT2D eigenvalue weighted by molar-refractivity contribution is -0.138. The molecule has 0 amide bonds. The summed E-state index contributed by atoms with van der Waals surface area (Å²) in [5.41, 5.74) is 3.89. The van der Waals surface area contributed by atoms with Crippen LogP contribution < -0.4 is 5.32 Å². The van der Waals surface area contributed by atoms with Crippen LogP contribution >= 0.6 is 15.9 Å². The third-order valence-corrected chi connectivity index (χ3v) is 4.95. The Kier molecular flexibility index (Phi) is 4.90. The van der Waals surface area contributed by atoms with Gasteiger partial charge in [0, 0.05) is 33.8 Å². The Balaban J connectivity index is 2.17. The largest absolute Gasteiger partial charge is 0.463 e. The van der Waals surface area contributed by atoms with Crippen LogP contribution in [0.5, 0.6) is 0 Å². The van der Waals surface area contributed by atoms with Crippen molar-refractivity contribution >= 4 is 27.7 Å². The summed E-state index contributed by atoms with van der Waals surface area (Å²) in [5.74, 6) is -0.619. The van der Waals surface area contributed by atoms with Gasteiger partial charge in [-0.3, -0.25) is 4.79 Å². The molecule has 0 bridgehead atoms. The minimum absolute atomic E-state index is 0.114. The second kappa shape index (κ2) is 6.93. The summed E-state index contributed by atoms with van der Waals surface area (Å²) in [5, 5.41) is 3.28. The molecule has 4 nitrogen and oxygen atoms in total. The molecule has 1 aliphatic heterocycles. The van der Waals surface area contributed by atoms with E-state index in [1.54, 1.807) is 6.92 Å². The van der Waals surface area contributed by atoms with E-state index < -0.39 is 0 Å². The fourth-order valence-electron chi connectivity index (χ4n) is 3.48. The van der Waals surface area contributed by atoms with Gasteiger partial charge in [0.2, 0.25) is 0 Å². The zero-order valence-electron chi connectivity index (χ0n) is 13.8. The van der Waals surface area contributed by atoms with Crippen molar-refractivity contribution in [1.29, 1.82) is 0 Å². The molecule has 0 spiro atoms. The zero-order chi connectivity index (χ0) is 17.3. The van der Waals surface area contributed by atoms with Crippen molar-refractivity contribution in [3.63, 3.8) is 0 Å². The van der Waals surface area contributed by atoms with Crippen LogP contribution in [0.4, 0.5) is 0 Å². The second-order valence-corrected chi connectivity index (χ2v) is 6.96. The predicted octanol–water partition coefficient (Wildman–Crippen LogP) is 3.98. The second-order valence-electron chi connectivity index (χ2n) is 6.04. The fraction of sp³-hybridized carbons (Fsp3) is 0.368. The average molecular weight is 390 g/mol. The molecule has 0 radical (unpaired) electrons. The molecule has 2 aliphatic rings. The van der Waals surface area contributed by atoms with Crippen LogP contribution in [0.1, 0.15) is 44.6 Å². The smallest absolute Gasteiger partial charge is 0.336 e. The van der Waals surface area contributed by atoms with Gasteiger partial charge in [0.1, 0.15) is 0 Å². The van der Waals surface area contributed by atoms with E-state index in [1.807, 2.05) is 31.2 Å². The van der Waals surface area contributed by atoms with Gasteiger partial charge in [0.25, 0.3) is 0 Å². The van der Waals surface area contributed by atoms with Gasteiger partial charge in [0.15, 0.2) is 5.78 Å². The van der Waals surface area contributed by atoms with Crippen LogP contribution in [0.15, 0.2) is 51.3 Å². The lowest BCUT2D eigenvalue weighted by Crippen LogP contribution is -2.34. The Hall–Kier alpha value is -1.88. The molecule has 0 saturated heterocycles. The lowest BCUT2D eigenvalue weighted by atomic mass is 9.75. The van der Waals surface area contributed by atoms with Gasteiger partial charge >= 0.3 is 5.97 Å². The van der Waals surface area contributed by atoms with Crippen molar-refractivity contribution in [2.24, 2.45) is 0 Å². The van der Waals surface area contributed by atoms with Crippen molar-refractivity contribution in [3.05, 3.63) is 56.8 Å². The maximum Gasteiger partial charge on any atom is 0.336 e. The van der Waals surface area contributed by atoms with E-state index >= 15 is 0 Å². The standard InChI is InChI=1S/C19H20BrNO3/c1-3-24-19(23)16-11(2)21-14-8-5-9-15(22)18(14)17(16)12-6-4-7-13(20)10-12/h4,6-7,10,17,21H,3,5,8-9H2,1-2H3/t17-/m1/s1. The molecule has 126 valence electrons. The highest BCUT2D eigenvalue weighted by Gasteiger charge is 2.38. The van der Waals surface area contributed by atoms with E-state index in [2.05, 4.69) is 21.2 Å². The van der Waals surface area contributed by atoms with Crippen molar-refractivity contribution in [2.75, 3.05) is 6.61 Å². The first-order valence-electron chi connectivity index (χ1n) is 8.19. The minimum Gasteiger partial charge on any atom is -0.463 e. The Labute approximate surface area is 150 Å². The molecule has 24 heavy (non-hydrogen) atoms. The number of Topliss-reactive ketones (excluding diaryl/α,β-unsaturated/α-hetero) is 1. The molecule has 1 aromatic carbocycles. The summed E-state index contributed by atoms with van der Waals surface area (Å²) in [4.78, 5) is 25.2. The minimum atomic E-state index is -0.370. The Morgan fingerprint density at radius 2 is 2.17 bits per heavy atom. The highest BCUT2D eigenvalue weighted by molar-refractivity contribution is 9.10. The van der Waals surface area contributed by atoms with Crippen LogP contribution in [0.25, 0.3) is 0 Å². The molecule has 0 fully saturated rings. The number of allylic oxidation sites excluding steroid dienone is 3. The van der Waals surface area contributed by atoms with Gasteiger partial charge in [0.05, 0.1) is 12.2 Å². The molecule has 1 N–H and O–H groups in total. The molecule has 1 aliphatic carbocycles. The summed E-state index contributed by atoms with van der Waals surface area (Å²) in [6.07, 6.45) is 2.21. The maximum absolute atomic E-state index is 12.6. The summed E-state index contributed by atoms with van der Waals surface area (Å²) in [6, 6.07) is 7.78. The van der Waals surface area contributed by atoms with E-state index in [-0.39, 0.29) is 17.7 Å².